The average Bonchev–Trinajstić information content (AvgIpc) is 2.78. The molecule has 31 heavy (non-hydrogen) atoms. The van der Waals surface area contributed by atoms with Gasteiger partial charge in [-0.3, -0.25) is 4.90 Å². The summed E-state index contributed by atoms with van der Waals surface area (Å²) < 4.78 is 16.9. The van der Waals surface area contributed by atoms with E-state index < -0.39 is 0 Å². The standard InChI is InChI=1S/C23H29N5O3/c1-29-17-10-16(11-18(12-17)30-2)13-28-8-6-15(7-9-28)14-31-20-5-3-4-19-21(20)22(24)27-23(25)26-19/h3-5,10-12,15H,6-9,13-14H2,1-2H3,(H4,24,25,26,27). The molecule has 2 heterocycles. The van der Waals surface area contributed by atoms with Crippen LogP contribution in [0.5, 0.6) is 17.2 Å². The lowest BCUT2D eigenvalue weighted by Crippen LogP contribution is -2.35. The van der Waals surface area contributed by atoms with Crippen LogP contribution in [-0.4, -0.2) is 48.8 Å². The maximum Gasteiger partial charge on any atom is 0.222 e. The van der Waals surface area contributed by atoms with Gasteiger partial charge in [-0.15, -0.1) is 0 Å². The van der Waals surface area contributed by atoms with Gasteiger partial charge in [-0.1, -0.05) is 6.07 Å². The molecule has 0 unspecified atom stereocenters. The summed E-state index contributed by atoms with van der Waals surface area (Å²) >= 11 is 0. The highest BCUT2D eigenvalue weighted by Gasteiger charge is 2.21. The molecule has 0 spiro atoms. The number of fused-ring (bicyclic) bond motifs is 1. The van der Waals surface area contributed by atoms with Crippen LogP contribution in [0.2, 0.25) is 0 Å². The predicted octanol–water partition coefficient (Wildman–Crippen LogP) is 3.10. The molecule has 8 nitrogen and oxygen atoms in total. The number of nitrogens with two attached hydrogens (primary N) is 2. The lowest BCUT2D eigenvalue weighted by atomic mass is 9.97. The predicted molar refractivity (Wildman–Crippen MR) is 121 cm³/mol. The fourth-order valence-corrected chi connectivity index (χ4v) is 4.05. The summed E-state index contributed by atoms with van der Waals surface area (Å²) in [6.45, 7) is 3.55. The van der Waals surface area contributed by atoms with Crippen molar-refractivity contribution in [1.29, 1.82) is 0 Å². The quantitative estimate of drug-likeness (QED) is 0.597. The highest BCUT2D eigenvalue weighted by atomic mass is 16.5. The maximum atomic E-state index is 6.14. The number of aromatic nitrogens is 2. The summed E-state index contributed by atoms with van der Waals surface area (Å²) in [5, 5.41) is 0.723. The Morgan fingerprint density at radius 3 is 2.39 bits per heavy atom. The minimum absolute atomic E-state index is 0.170. The summed E-state index contributed by atoms with van der Waals surface area (Å²) in [5.74, 6) is 3.35. The molecule has 3 aromatic rings. The zero-order chi connectivity index (χ0) is 21.8. The van der Waals surface area contributed by atoms with Crippen LogP contribution < -0.4 is 25.7 Å². The van der Waals surface area contributed by atoms with Gasteiger partial charge in [0.05, 0.1) is 31.7 Å². The van der Waals surface area contributed by atoms with Crippen molar-refractivity contribution in [3.8, 4) is 17.2 Å². The van der Waals surface area contributed by atoms with Crippen LogP contribution >= 0.6 is 0 Å². The highest BCUT2D eigenvalue weighted by Crippen LogP contribution is 2.30. The van der Waals surface area contributed by atoms with Crippen LogP contribution in [0, 0.1) is 5.92 Å². The normalized spacial score (nSPS) is 15.2. The van der Waals surface area contributed by atoms with E-state index in [1.165, 1.54) is 5.56 Å². The monoisotopic (exact) mass is 423 g/mol. The van der Waals surface area contributed by atoms with Gasteiger partial charge in [0, 0.05) is 12.6 Å². The molecule has 0 amide bonds. The molecule has 164 valence electrons. The summed E-state index contributed by atoms with van der Waals surface area (Å²) in [4.78, 5) is 10.8. The number of anilines is 2. The van der Waals surface area contributed by atoms with E-state index in [0.29, 0.717) is 29.6 Å². The molecular formula is C23H29N5O3. The fourth-order valence-electron chi connectivity index (χ4n) is 4.05. The number of nitrogens with zero attached hydrogens (tertiary/aromatic N) is 3. The molecular weight excluding hydrogens is 394 g/mol. The van der Waals surface area contributed by atoms with Crippen molar-refractivity contribution in [2.45, 2.75) is 19.4 Å². The van der Waals surface area contributed by atoms with Crippen LogP contribution in [0.25, 0.3) is 10.9 Å². The average molecular weight is 424 g/mol. The molecule has 1 aromatic heterocycles. The number of likely N-dealkylation sites (tertiary alicyclic amines) is 1. The van der Waals surface area contributed by atoms with Gasteiger partial charge in [0.2, 0.25) is 5.95 Å². The van der Waals surface area contributed by atoms with Crippen molar-refractivity contribution in [1.82, 2.24) is 14.9 Å². The molecule has 1 fully saturated rings. The van der Waals surface area contributed by atoms with Gasteiger partial charge in [-0.05, 0) is 61.7 Å². The van der Waals surface area contributed by atoms with E-state index in [0.717, 1.165) is 49.4 Å². The number of hydrogen-bond acceptors (Lipinski definition) is 8. The van der Waals surface area contributed by atoms with Crippen LogP contribution in [0.1, 0.15) is 18.4 Å². The first-order valence-corrected chi connectivity index (χ1v) is 10.4. The smallest absolute Gasteiger partial charge is 0.222 e. The Balaban J connectivity index is 1.34. The molecule has 8 heteroatoms. The van der Waals surface area contributed by atoms with Crippen molar-refractivity contribution in [3.05, 3.63) is 42.0 Å². The molecule has 1 saturated heterocycles. The third-order valence-electron chi connectivity index (χ3n) is 5.73. The summed E-state index contributed by atoms with van der Waals surface area (Å²) in [6.07, 6.45) is 2.15. The lowest BCUT2D eigenvalue weighted by Gasteiger charge is -2.32. The Hall–Kier alpha value is -3.26. The second kappa shape index (κ2) is 9.26. The lowest BCUT2D eigenvalue weighted by molar-refractivity contribution is 0.137. The Labute approximate surface area is 182 Å². The Morgan fingerprint density at radius 1 is 1.00 bits per heavy atom. The molecule has 1 aliphatic heterocycles. The van der Waals surface area contributed by atoms with Crippen LogP contribution in [0.3, 0.4) is 0 Å². The minimum atomic E-state index is 0.170. The van der Waals surface area contributed by atoms with Crippen molar-refractivity contribution < 1.29 is 14.2 Å². The van der Waals surface area contributed by atoms with Crippen molar-refractivity contribution >= 4 is 22.7 Å². The number of rotatable bonds is 7. The minimum Gasteiger partial charge on any atom is -0.497 e. The van der Waals surface area contributed by atoms with Gasteiger partial charge < -0.3 is 25.7 Å². The van der Waals surface area contributed by atoms with E-state index in [1.54, 1.807) is 14.2 Å². The van der Waals surface area contributed by atoms with Crippen molar-refractivity contribution in [2.24, 2.45) is 5.92 Å². The SMILES string of the molecule is COc1cc(CN2CCC(COc3cccc4nc(N)nc(N)c34)CC2)cc(OC)c1. The Bertz CT molecular complexity index is 1030. The van der Waals surface area contributed by atoms with Crippen LogP contribution in [-0.2, 0) is 6.54 Å². The Kier molecular flexibility index (Phi) is 6.27. The molecule has 2 aromatic carbocycles. The molecule has 0 atom stereocenters. The van der Waals surface area contributed by atoms with E-state index in [9.17, 15) is 0 Å². The van der Waals surface area contributed by atoms with Crippen molar-refractivity contribution in [3.63, 3.8) is 0 Å². The third-order valence-corrected chi connectivity index (χ3v) is 5.73. The Morgan fingerprint density at radius 2 is 1.71 bits per heavy atom. The zero-order valence-electron chi connectivity index (χ0n) is 18.0. The number of nitrogen functional groups attached to an aromatic ring is 2. The second-order valence-corrected chi connectivity index (χ2v) is 7.87. The van der Waals surface area contributed by atoms with Crippen LogP contribution in [0.4, 0.5) is 11.8 Å². The van der Waals surface area contributed by atoms with E-state index >= 15 is 0 Å². The van der Waals surface area contributed by atoms with Gasteiger partial charge in [0.15, 0.2) is 0 Å². The van der Waals surface area contributed by atoms with Crippen molar-refractivity contribution in [2.75, 3.05) is 45.4 Å². The number of ether oxygens (including phenoxy) is 3. The molecule has 1 aliphatic rings. The van der Waals surface area contributed by atoms with E-state index in [-0.39, 0.29) is 5.95 Å². The molecule has 4 rings (SSSR count). The van der Waals surface area contributed by atoms with Gasteiger partial charge in [-0.2, -0.15) is 4.98 Å². The first-order chi connectivity index (χ1) is 15.1. The number of methoxy groups -OCH3 is 2. The fraction of sp³-hybridized carbons (Fsp3) is 0.391. The van der Waals surface area contributed by atoms with Gasteiger partial charge in [0.1, 0.15) is 23.1 Å². The van der Waals surface area contributed by atoms with E-state index in [4.69, 9.17) is 25.7 Å². The second-order valence-electron chi connectivity index (χ2n) is 7.87. The molecule has 0 saturated carbocycles. The van der Waals surface area contributed by atoms with Crippen LogP contribution in [0.15, 0.2) is 36.4 Å². The highest BCUT2D eigenvalue weighted by molar-refractivity contribution is 5.94. The molecule has 0 radical (unpaired) electrons. The summed E-state index contributed by atoms with van der Waals surface area (Å²) in [7, 11) is 3.35. The van der Waals surface area contributed by atoms with Gasteiger partial charge in [-0.25, -0.2) is 4.98 Å². The zero-order valence-corrected chi connectivity index (χ0v) is 18.0. The summed E-state index contributed by atoms with van der Waals surface area (Å²) in [6, 6.07) is 11.7. The third kappa shape index (κ3) is 4.91. The molecule has 4 N–H and O–H groups in total. The number of hydrogen-bond donors (Lipinski definition) is 2. The number of piperidine rings is 1. The summed E-state index contributed by atoms with van der Waals surface area (Å²) in [5.41, 5.74) is 13.7. The van der Waals surface area contributed by atoms with Gasteiger partial charge in [0.25, 0.3) is 0 Å². The molecule has 0 bridgehead atoms. The maximum absolute atomic E-state index is 6.14. The topological polar surface area (TPSA) is 109 Å². The van der Waals surface area contributed by atoms with E-state index in [2.05, 4.69) is 27.0 Å². The van der Waals surface area contributed by atoms with E-state index in [1.807, 2.05) is 24.3 Å². The first kappa shape index (κ1) is 21.0. The number of benzene rings is 2. The van der Waals surface area contributed by atoms with Gasteiger partial charge >= 0.3 is 0 Å². The first-order valence-electron chi connectivity index (χ1n) is 10.4. The molecule has 0 aliphatic carbocycles. The largest absolute Gasteiger partial charge is 0.497 e.